The Morgan fingerprint density at radius 3 is 2.08 bits per heavy atom. The number of rotatable bonds is 12. The summed E-state index contributed by atoms with van der Waals surface area (Å²) in [6, 6.07) is 26.3. The third-order valence-electron chi connectivity index (χ3n) is 6.18. The minimum absolute atomic E-state index is 0.499. The number of anilines is 1. The van der Waals surface area contributed by atoms with Crippen molar-refractivity contribution >= 4 is 39.2 Å². The van der Waals surface area contributed by atoms with Gasteiger partial charge in [-0.1, -0.05) is 63.3 Å². The van der Waals surface area contributed by atoms with Gasteiger partial charge in [0.05, 0.1) is 34.9 Å². The molecule has 4 aromatic carbocycles. The minimum Gasteiger partial charge on any atom is -0.492 e. The topological polar surface area (TPSA) is 108 Å². The van der Waals surface area contributed by atoms with Crippen LogP contribution in [0.15, 0.2) is 99.3 Å². The number of hydrogen-bond donors (Lipinski definition) is 1. The Morgan fingerprint density at radius 2 is 1.34 bits per heavy atom. The molecule has 0 radical (unpaired) electrons. The van der Waals surface area contributed by atoms with Crippen LogP contribution < -0.4 is 10.5 Å². The van der Waals surface area contributed by atoms with Crippen LogP contribution in [0.3, 0.4) is 0 Å². The second kappa shape index (κ2) is 13.7. The molecule has 4 aromatic rings. The first kappa shape index (κ1) is 26.5. The predicted octanol–water partition coefficient (Wildman–Crippen LogP) is 9.86. The summed E-state index contributed by atoms with van der Waals surface area (Å²) in [5, 5.41) is 28.8. The maximum atomic E-state index is 9.42. The molecule has 192 valence electrons. The van der Waals surface area contributed by atoms with Crippen molar-refractivity contribution in [3.05, 3.63) is 84.4 Å². The van der Waals surface area contributed by atoms with Crippen LogP contribution in [0.4, 0.5) is 28.4 Å². The number of nitrogens with two attached hydrogens (primary N) is 1. The highest BCUT2D eigenvalue weighted by Gasteiger charge is 2.06. The van der Waals surface area contributed by atoms with Crippen LogP contribution in [0.25, 0.3) is 10.8 Å². The molecule has 0 aliphatic carbocycles. The van der Waals surface area contributed by atoms with E-state index in [1.54, 1.807) is 18.2 Å². The van der Waals surface area contributed by atoms with E-state index in [2.05, 4.69) is 33.4 Å². The van der Waals surface area contributed by atoms with Crippen molar-refractivity contribution in [3.8, 4) is 11.8 Å². The van der Waals surface area contributed by atoms with Crippen LogP contribution in [0.2, 0.25) is 0 Å². The van der Waals surface area contributed by atoms with Gasteiger partial charge in [0.15, 0.2) is 0 Å². The largest absolute Gasteiger partial charge is 0.492 e. The zero-order valence-electron chi connectivity index (χ0n) is 21.7. The molecule has 0 aliphatic heterocycles. The second-order valence-corrected chi connectivity index (χ2v) is 9.04. The molecule has 0 fully saturated rings. The summed E-state index contributed by atoms with van der Waals surface area (Å²) in [6.45, 7) is 2.80. The Morgan fingerprint density at radius 1 is 0.711 bits per heavy atom. The van der Waals surface area contributed by atoms with E-state index in [9.17, 15) is 5.26 Å². The van der Waals surface area contributed by atoms with Crippen molar-refractivity contribution in [2.24, 2.45) is 20.5 Å². The molecular weight excluding hydrogens is 472 g/mol. The molecule has 0 spiro atoms. The molecule has 7 nitrogen and oxygen atoms in total. The fraction of sp³-hybridized carbons (Fsp3) is 0.258. The summed E-state index contributed by atoms with van der Waals surface area (Å²) in [4.78, 5) is 0. The summed E-state index contributed by atoms with van der Waals surface area (Å²) in [5.41, 5.74) is 10.1. The van der Waals surface area contributed by atoms with E-state index in [1.807, 2.05) is 60.7 Å². The predicted molar refractivity (Wildman–Crippen MR) is 153 cm³/mol. The van der Waals surface area contributed by atoms with Crippen LogP contribution >= 0.6 is 0 Å². The molecule has 0 saturated heterocycles. The molecule has 0 heterocycles. The second-order valence-electron chi connectivity index (χ2n) is 9.04. The van der Waals surface area contributed by atoms with Crippen LogP contribution in [-0.4, -0.2) is 6.61 Å². The quantitative estimate of drug-likeness (QED) is 0.118. The Balaban J connectivity index is 1.37. The lowest BCUT2D eigenvalue weighted by molar-refractivity contribution is 0.303. The molecular formula is C31H32N6O. The lowest BCUT2D eigenvalue weighted by Gasteiger charge is -2.08. The number of nitriles is 1. The van der Waals surface area contributed by atoms with Gasteiger partial charge in [-0.2, -0.15) is 20.6 Å². The molecule has 0 atom stereocenters. The van der Waals surface area contributed by atoms with Gasteiger partial charge in [0.1, 0.15) is 11.8 Å². The SMILES string of the molecule is CCCCCCCCOc1cc(N=Nc2ccc(N=Nc3ccc(N)c4ccccc34)cc2)ccc1C#N. The first-order valence-electron chi connectivity index (χ1n) is 13.1. The maximum Gasteiger partial charge on any atom is 0.139 e. The normalized spacial score (nSPS) is 11.4. The molecule has 0 saturated carbocycles. The molecule has 7 heteroatoms. The van der Waals surface area contributed by atoms with Crippen molar-refractivity contribution in [2.45, 2.75) is 45.4 Å². The monoisotopic (exact) mass is 504 g/mol. The third kappa shape index (κ3) is 7.23. The zero-order valence-corrected chi connectivity index (χ0v) is 21.7. The number of hydrogen-bond acceptors (Lipinski definition) is 7. The number of ether oxygens (including phenoxy) is 1. The summed E-state index contributed by atoms with van der Waals surface area (Å²) in [6.07, 6.45) is 7.10. The molecule has 0 aliphatic rings. The molecule has 0 aromatic heterocycles. The molecule has 0 bridgehead atoms. The van der Waals surface area contributed by atoms with Gasteiger partial charge in [0, 0.05) is 22.5 Å². The minimum atomic E-state index is 0.499. The molecule has 0 unspecified atom stereocenters. The highest BCUT2D eigenvalue weighted by molar-refractivity contribution is 5.99. The average molecular weight is 505 g/mol. The number of fused-ring (bicyclic) bond motifs is 1. The fourth-order valence-corrected chi connectivity index (χ4v) is 4.06. The van der Waals surface area contributed by atoms with Crippen molar-refractivity contribution in [2.75, 3.05) is 12.3 Å². The van der Waals surface area contributed by atoms with E-state index >= 15 is 0 Å². The van der Waals surface area contributed by atoms with Crippen LogP contribution in [-0.2, 0) is 0 Å². The highest BCUT2D eigenvalue weighted by Crippen LogP contribution is 2.32. The van der Waals surface area contributed by atoms with Crippen molar-refractivity contribution < 1.29 is 4.74 Å². The number of azo groups is 2. The number of benzene rings is 4. The number of nitrogen functional groups attached to an aromatic ring is 1. The zero-order chi connectivity index (χ0) is 26.6. The summed E-state index contributed by atoms with van der Waals surface area (Å²) in [5.74, 6) is 0.545. The third-order valence-corrected chi connectivity index (χ3v) is 6.18. The lowest BCUT2D eigenvalue weighted by atomic mass is 10.1. The molecule has 4 rings (SSSR count). The van der Waals surface area contributed by atoms with E-state index in [4.69, 9.17) is 10.5 Å². The standard InChI is InChI=1S/C31H32N6O/c1-2-3-4-5-6-9-20-38-31-21-26(13-12-23(31)22-32)36-34-24-14-16-25(17-15-24)35-37-30-19-18-29(33)27-10-7-8-11-28(27)30/h7-8,10-19,21H,2-6,9,20,33H2,1H3. The van der Waals surface area contributed by atoms with E-state index in [0.29, 0.717) is 40.7 Å². The van der Waals surface area contributed by atoms with Gasteiger partial charge < -0.3 is 10.5 Å². The summed E-state index contributed by atoms with van der Waals surface area (Å²) in [7, 11) is 0. The van der Waals surface area contributed by atoms with Crippen molar-refractivity contribution in [1.82, 2.24) is 0 Å². The Hall–Kier alpha value is -4.57. The van der Waals surface area contributed by atoms with Crippen molar-refractivity contribution in [3.63, 3.8) is 0 Å². The van der Waals surface area contributed by atoms with Gasteiger partial charge in [-0.3, -0.25) is 0 Å². The first-order valence-corrected chi connectivity index (χ1v) is 13.1. The Kier molecular flexibility index (Phi) is 9.52. The first-order chi connectivity index (χ1) is 18.7. The van der Waals surface area contributed by atoms with E-state index in [-0.39, 0.29) is 0 Å². The van der Waals surface area contributed by atoms with Gasteiger partial charge in [0.2, 0.25) is 0 Å². The summed E-state index contributed by atoms with van der Waals surface area (Å²) >= 11 is 0. The van der Waals surface area contributed by atoms with E-state index in [1.165, 1.54) is 25.7 Å². The Bertz CT molecular complexity index is 1450. The van der Waals surface area contributed by atoms with Gasteiger partial charge in [-0.15, -0.1) is 5.11 Å². The molecule has 0 amide bonds. The highest BCUT2D eigenvalue weighted by atomic mass is 16.5. The number of nitrogens with zero attached hydrogens (tertiary/aromatic N) is 5. The van der Waals surface area contributed by atoms with Gasteiger partial charge >= 0.3 is 0 Å². The van der Waals surface area contributed by atoms with Gasteiger partial charge in [0.25, 0.3) is 0 Å². The average Bonchev–Trinajstić information content (AvgIpc) is 2.96. The lowest BCUT2D eigenvalue weighted by Crippen LogP contribution is -1.99. The van der Waals surface area contributed by atoms with Crippen LogP contribution in [0, 0.1) is 11.3 Å². The van der Waals surface area contributed by atoms with Crippen LogP contribution in [0.5, 0.6) is 5.75 Å². The molecule has 38 heavy (non-hydrogen) atoms. The van der Waals surface area contributed by atoms with Crippen molar-refractivity contribution in [1.29, 1.82) is 5.26 Å². The summed E-state index contributed by atoms with van der Waals surface area (Å²) < 4.78 is 5.89. The Labute approximate surface area is 223 Å². The number of unbranched alkanes of at least 4 members (excludes halogenated alkanes) is 5. The van der Waals surface area contributed by atoms with Gasteiger partial charge in [-0.25, -0.2) is 0 Å². The van der Waals surface area contributed by atoms with Crippen LogP contribution in [0.1, 0.15) is 51.0 Å². The van der Waals surface area contributed by atoms with Gasteiger partial charge in [-0.05, 0) is 55.0 Å². The van der Waals surface area contributed by atoms with E-state index in [0.717, 1.165) is 29.3 Å². The van der Waals surface area contributed by atoms with E-state index < -0.39 is 0 Å². The molecule has 2 N–H and O–H groups in total. The fourth-order valence-electron chi connectivity index (χ4n) is 4.06. The maximum absolute atomic E-state index is 9.42. The smallest absolute Gasteiger partial charge is 0.139 e.